The zero-order chi connectivity index (χ0) is 17.2. The van der Waals surface area contributed by atoms with Crippen molar-refractivity contribution in [1.29, 1.82) is 0 Å². The fourth-order valence-electron chi connectivity index (χ4n) is 3.29. The van der Waals surface area contributed by atoms with Crippen LogP contribution in [0.4, 0.5) is 0 Å². The van der Waals surface area contributed by atoms with Crippen molar-refractivity contribution in [2.75, 3.05) is 32.7 Å². The molecule has 6 nitrogen and oxygen atoms in total. The highest BCUT2D eigenvalue weighted by atomic mass is 35.5. The highest BCUT2D eigenvalue weighted by Crippen LogP contribution is 2.27. The molecule has 0 radical (unpaired) electrons. The van der Waals surface area contributed by atoms with E-state index in [1.165, 1.54) is 11.3 Å². The number of hydrogen-bond acceptors (Lipinski definition) is 5. The first kappa shape index (κ1) is 20.6. The van der Waals surface area contributed by atoms with Crippen molar-refractivity contribution in [2.24, 2.45) is 0 Å². The molecule has 2 saturated heterocycles. The number of carbonyl (C=O) groups excluding carboxylic acids is 1. The minimum Gasteiger partial charge on any atom is -0.337 e. The summed E-state index contributed by atoms with van der Waals surface area (Å²) in [6, 6.07) is 3.62. The first-order valence-corrected chi connectivity index (χ1v) is 10.8. The van der Waals surface area contributed by atoms with Crippen LogP contribution in [0.15, 0.2) is 16.3 Å². The fourth-order valence-corrected chi connectivity index (χ4v) is 6.30. The molecule has 1 aromatic heterocycles. The Morgan fingerprint density at radius 3 is 2.64 bits per heavy atom. The number of nitrogens with one attached hydrogen (secondary N) is 1. The summed E-state index contributed by atoms with van der Waals surface area (Å²) in [5.74, 6) is 0.0766. The third-order valence-electron chi connectivity index (χ3n) is 4.69. The summed E-state index contributed by atoms with van der Waals surface area (Å²) < 4.78 is 27.3. The normalized spacial score (nSPS) is 22.4. The molecule has 1 amide bonds. The molecular weight excluding hydrogens is 382 g/mol. The van der Waals surface area contributed by atoms with Gasteiger partial charge in [0.2, 0.25) is 5.91 Å². The number of nitrogens with zero attached hydrogens (tertiary/aromatic N) is 2. The monoisotopic (exact) mass is 407 g/mol. The van der Waals surface area contributed by atoms with Gasteiger partial charge in [-0.2, -0.15) is 4.31 Å². The number of halogens is 1. The average Bonchev–Trinajstić information content (AvgIpc) is 3.05. The van der Waals surface area contributed by atoms with Crippen LogP contribution >= 0.6 is 23.7 Å². The van der Waals surface area contributed by atoms with Crippen molar-refractivity contribution in [1.82, 2.24) is 14.5 Å². The third kappa shape index (κ3) is 4.74. The van der Waals surface area contributed by atoms with Crippen molar-refractivity contribution in [3.05, 3.63) is 17.0 Å². The van der Waals surface area contributed by atoms with Gasteiger partial charge in [-0.3, -0.25) is 4.79 Å². The van der Waals surface area contributed by atoms with Crippen LogP contribution in [0.5, 0.6) is 0 Å². The van der Waals surface area contributed by atoms with Crippen molar-refractivity contribution in [2.45, 2.75) is 42.9 Å². The molecule has 142 valence electrons. The van der Waals surface area contributed by atoms with E-state index in [-0.39, 0.29) is 30.8 Å². The van der Waals surface area contributed by atoms with Crippen LogP contribution in [0.3, 0.4) is 0 Å². The van der Waals surface area contributed by atoms with Crippen molar-refractivity contribution >= 4 is 39.7 Å². The van der Waals surface area contributed by atoms with Gasteiger partial charge in [0.25, 0.3) is 10.0 Å². The van der Waals surface area contributed by atoms with Crippen LogP contribution < -0.4 is 5.32 Å². The molecule has 0 spiro atoms. The average molecular weight is 408 g/mol. The van der Waals surface area contributed by atoms with E-state index in [0.717, 1.165) is 37.2 Å². The zero-order valence-corrected chi connectivity index (χ0v) is 16.9. The topological polar surface area (TPSA) is 69.7 Å². The number of rotatable bonds is 4. The van der Waals surface area contributed by atoms with E-state index < -0.39 is 10.0 Å². The number of piperazine rings is 1. The largest absolute Gasteiger partial charge is 0.337 e. The van der Waals surface area contributed by atoms with E-state index in [1.54, 1.807) is 16.4 Å². The summed E-state index contributed by atoms with van der Waals surface area (Å²) in [5.41, 5.74) is 0. The maximum Gasteiger partial charge on any atom is 0.252 e. The third-order valence-corrected chi connectivity index (χ3v) is 8.14. The molecule has 3 rings (SSSR count). The lowest BCUT2D eigenvalue weighted by Crippen LogP contribution is -2.52. The molecule has 2 aliphatic heterocycles. The van der Waals surface area contributed by atoms with Gasteiger partial charge in [0, 0.05) is 43.6 Å². The predicted molar refractivity (Wildman–Crippen MR) is 102 cm³/mol. The quantitative estimate of drug-likeness (QED) is 0.824. The lowest BCUT2D eigenvalue weighted by Gasteiger charge is -2.34. The van der Waals surface area contributed by atoms with Crippen LogP contribution in [0, 0.1) is 0 Å². The van der Waals surface area contributed by atoms with E-state index >= 15 is 0 Å². The second-order valence-electron chi connectivity index (χ2n) is 6.50. The fraction of sp³-hybridized carbons (Fsp3) is 0.688. The molecule has 2 fully saturated rings. The van der Waals surface area contributed by atoms with Crippen LogP contribution in [-0.4, -0.2) is 62.3 Å². The molecule has 1 N–H and O–H groups in total. The number of hydrogen-bond donors (Lipinski definition) is 1. The Morgan fingerprint density at radius 1 is 1.24 bits per heavy atom. The number of amides is 1. The Morgan fingerprint density at radius 2 is 1.96 bits per heavy atom. The Labute approximate surface area is 160 Å². The van der Waals surface area contributed by atoms with Gasteiger partial charge in [-0.05, 0) is 31.9 Å². The second kappa shape index (κ2) is 8.81. The summed E-state index contributed by atoms with van der Waals surface area (Å²) in [4.78, 5) is 15.2. The number of carbonyl (C=O) groups is 1. The molecule has 0 bridgehead atoms. The first-order valence-electron chi connectivity index (χ1n) is 8.57. The molecule has 3 heterocycles. The number of thiophene rings is 1. The molecule has 25 heavy (non-hydrogen) atoms. The van der Waals surface area contributed by atoms with Crippen molar-refractivity contribution in [3.8, 4) is 0 Å². The number of piperidine rings is 1. The van der Waals surface area contributed by atoms with Gasteiger partial charge in [0.05, 0.1) is 6.42 Å². The van der Waals surface area contributed by atoms with Gasteiger partial charge in [0.1, 0.15) is 4.21 Å². The lowest BCUT2D eigenvalue weighted by molar-refractivity contribution is -0.133. The van der Waals surface area contributed by atoms with Gasteiger partial charge in [-0.25, -0.2) is 8.42 Å². The SMILES string of the molecule is C[C@@H]1CNCCN1C(=O)Cc1ccc(S(=O)(=O)N2CCCCC2)s1.Cl. The molecule has 0 aromatic carbocycles. The highest BCUT2D eigenvalue weighted by molar-refractivity contribution is 7.91. The van der Waals surface area contributed by atoms with E-state index in [9.17, 15) is 13.2 Å². The molecule has 1 aromatic rings. The molecule has 1 atom stereocenters. The van der Waals surface area contributed by atoms with Gasteiger partial charge < -0.3 is 10.2 Å². The maximum atomic E-state index is 12.7. The Hall–Kier alpha value is -0.670. The Kier molecular flexibility index (Phi) is 7.28. The van der Waals surface area contributed by atoms with Crippen molar-refractivity contribution < 1.29 is 13.2 Å². The Balaban J connectivity index is 0.00000225. The first-order chi connectivity index (χ1) is 11.5. The van der Waals surface area contributed by atoms with Gasteiger partial charge in [0.15, 0.2) is 0 Å². The summed E-state index contributed by atoms with van der Waals surface area (Å²) in [5, 5.41) is 3.27. The second-order valence-corrected chi connectivity index (χ2v) is 9.84. The van der Waals surface area contributed by atoms with Crippen molar-refractivity contribution in [3.63, 3.8) is 0 Å². The summed E-state index contributed by atoms with van der Waals surface area (Å²) in [7, 11) is -3.40. The van der Waals surface area contributed by atoms with E-state index in [0.29, 0.717) is 23.8 Å². The molecule has 0 unspecified atom stereocenters. The molecule has 0 aliphatic carbocycles. The molecular formula is C16H26ClN3O3S2. The smallest absolute Gasteiger partial charge is 0.252 e. The highest BCUT2D eigenvalue weighted by Gasteiger charge is 2.28. The van der Waals surface area contributed by atoms with Crippen LogP contribution in [0.25, 0.3) is 0 Å². The van der Waals surface area contributed by atoms with E-state index in [4.69, 9.17) is 0 Å². The molecule has 0 saturated carbocycles. The standard InChI is InChI=1S/C16H25N3O3S2.ClH/c1-13-12-17-7-10-19(13)15(20)11-14-5-6-16(23-14)24(21,22)18-8-3-2-4-9-18;/h5-6,13,17H,2-4,7-12H2,1H3;1H/t13-;/m1./s1. The summed E-state index contributed by atoms with van der Waals surface area (Å²) in [6.07, 6.45) is 3.23. The minimum atomic E-state index is -3.40. The maximum absolute atomic E-state index is 12.7. The Bertz CT molecular complexity index is 687. The number of sulfonamides is 1. The summed E-state index contributed by atoms with van der Waals surface area (Å²) >= 11 is 1.23. The minimum absolute atomic E-state index is 0. The van der Waals surface area contributed by atoms with Gasteiger partial charge >= 0.3 is 0 Å². The van der Waals surface area contributed by atoms with Crippen LogP contribution in [0.2, 0.25) is 0 Å². The van der Waals surface area contributed by atoms with E-state index in [1.807, 2.05) is 11.8 Å². The predicted octanol–water partition coefficient (Wildman–Crippen LogP) is 1.71. The van der Waals surface area contributed by atoms with Gasteiger partial charge in [-0.15, -0.1) is 23.7 Å². The van der Waals surface area contributed by atoms with Crippen LogP contribution in [-0.2, 0) is 21.2 Å². The van der Waals surface area contributed by atoms with Crippen LogP contribution in [0.1, 0.15) is 31.1 Å². The molecule has 2 aliphatic rings. The zero-order valence-electron chi connectivity index (χ0n) is 14.4. The van der Waals surface area contributed by atoms with Gasteiger partial charge in [-0.1, -0.05) is 6.42 Å². The summed E-state index contributed by atoms with van der Waals surface area (Å²) in [6.45, 7) is 5.58. The van der Waals surface area contributed by atoms with E-state index in [2.05, 4.69) is 5.32 Å². The lowest BCUT2D eigenvalue weighted by atomic mass is 10.2. The molecule has 9 heteroatoms.